The van der Waals surface area contributed by atoms with Gasteiger partial charge in [0.25, 0.3) is 0 Å². The van der Waals surface area contributed by atoms with E-state index in [1.165, 1.54) is 0 Å². The minimum atomic E-state index is 0.201. The summed E-state index contributed by atoms with van der Waals surface area (Å²) in [6.07, 6.45) is 0.989. The molecule has 68 valence electrons. The molecule has 0 fully saturated rings. The fourth-order valence-electron chi connectivity index (χ4n) is 1.03. The largest absolute Gasteiger partial charge is 0.299 e. The number of hydrogen-bond donors (Lipinski definition) is 0. The summed E-state index contributed by atoms with van der Waals surface area (Å²) in [7, 11) is 0. The van der Waals surface area contributed by atoms with Gasteiger partial charge in [0.1, 0.15) is 11.5 Å². The van der Waals surface area contributed by atoms with E-state index in [4.69, 9.17) is 0 Å². The Balaban J connectivity index is 2.69. The topological polar surface area (TPSA) is 46.5 Å². The zero-order valence-corrected chi connectivity index (χ0v) is 7.49. The van der Waals surface area contributed by atoms with Crippen molar-refractivity contribution in [2.45, 2.75) is 19.8 Å². The lowest BCUT2D eigenvalue weighted by atomic mass is 10.1. The second-order valence-electron chi connectivity index (χ2n) is 2.83. The Morgan fingerprint density at radius 1 is 1.31 bits per heavy atom. The van der Waals surface area contributed by atoms with Crippen LogP contribution < -0.4 is 0 Å². The van der Waals surface area contributed by atoms with Crippen LogP contribution in [0, 0.1) is 4.91 Å². The van der Waals surface area contributed by atoms with Gasteiger partial charge >= 0.3 is 0 Å². The molecule has 3 nitrogen and oxygen atoms in total. The maximum atomic E-state index is 11.1. The molecule has 3 heteroatoms. The molecule has 0 heterocycles. The SMILES string of the molecule is CCC(=O)Cc1ccc(N=O)cc1. The van der Waals surface area contributed by atoms with Crippen molar-refractivity contribution in [1.82, 2.24) is 0 Å². The normalized spacial score (nSPS) is 9.62. The first-order chi connectivity index (χ1) is 6.26. The zero-order valence-electron chi connectivity index (χ0n) is 7.49. The molecule has 0 atom stereocenters. The van der Waals surface area contributed by atoms with Crippen LogP contribution in [0.4, 0.5) is 5.69 Å². The predicted molar refractivity (Wildman–Crippen MR) is 50.9 cm³/mol. The lowest BCUT2D eigenvalue weighted by Crippen LogP contribution is -1.99. The molecule has 1 aromatic rings. The first-order valence-electron chi connectivity index (χ1n) is 4.20. The van der Waals surface area contributed by atoms with Crippen LogP contribution in [0.3, 0.4) is 0 Å². The summed E-state index contributed by atoms with van der Waals surface area (Å²) in [4.78, 5) is 21.1. The fourth-order valence-corrected chi connectivity index (χ4v) is 1.03. The summed E-state index contributed by atoms with van der Waals surface area (Å²) in [5.74, 6) is 0.201. The third-order valence-corrected chi connectivity index (χ3v) is 1.84. The zero-order chi connectivity index (χ0) is 9.68. The van der Waals surface area contributed by atoms with Crippen molar-refractivity contribution in [2.75, 3.05) is 0 Å². The average Bonchev–Trinajstić information content (AvgIpc) is 2.19. The highest BCUT2D eigenvalue weighted by molar-refractivity contribution is 5.80. The van der Waals surface area contributed by atoms with Crippen LogP contribution >= 0.6 is 0 Å². The molecule has 0 radical (unpaired) electrons. The van der Waals surface area contributed by atoms with Crippen molar-refractivity contribution in [1.29, 1.82) is 0 Å². The molecule has 1 rings (SSSR count). The molecule has 0 amide bonds. The smallest absolute Gasteiger partial charge is 0.136 e. The quantitative estimate of drug-likeness (QED) is 0.663. The van der Waals surface area contributed by atoms with Gasteiger partial charge in [-0.25, -0.2) is 0 Å². The van der Waals surface area contributed by atoms with Gasteiger partial charge in [-0.15, -0.1) is 4.91 Å². The Morgan fingerprint density at radius 2 is 1.92 bits per heavy atom. The van der Waals surface area contributed by atoms with E-state index in [0.717, 1.165) is 5.56 Å². The Labute approximate surface area is 76.7 Å². The maximum Gasteiger partial charge on any atom is 0.136 e. The number of Topliss-reactive ketones (excluding diaryl/α,β-unsaturated/α-hetero) is 1. The standard InChI is InChI=1S/C10H11NO2/c1-2-10(12)7-8-3-5-9(11-13)6-4-8/h3-6H,2,7H2,1H3. The monoisotopic (exact) mass is 177 g/mol. The number of ketones is 1. The van der Waals surface area contributed by atoms with Crippen LogP contribution in [0.1, 0.15) is 18.9 Å². The van der Waals surface area contributed by atoms with E-state index in [1.54, 1.807) is 24.3 Å². The van der Waals surface area contributed by atoms with E-state index in [9.17, 15) is 9.70 Å². The van der Waals surface area contributed by atoms with Crippen LogP contribution in [-0.4, -0.2) is 5.78 Å². The van der Waals surface area contributed by atoms with Gasteiger partial charge in [-0.05, 0) is 22.9 Å². The minimum Gasteiger partial charge on any atom is -0.299 e. The molecule has 0 unspecified atom stereocenters. The van der Waals surface area contributed by atoms with Gasteiger partial charge in [-0.1, -0.05) is 19.1 Å². The number of nitroso groups, excluding NO2 is 1. The highest BCUT2D eigenvalue weighted by atomic mass is 16.3. The lowest BCUT2D eigenvalue weighted by Gasteiger charge is -1.97. The van der Waals surface area contributed by atoms with Crippen LogP contribution in [0.15, 0.2) is 29.4 Å². The number of hydrogen-bond acceptors (Lipinski definition) is 3. The molecule has 0 aromatic heterocycles. The molecular weight excluding hydrogens is 166 g/mol. The molecule has 0 saturated carbocycles. The molecule has 0 saturated heterocycles. The predicted octanol–water partition coefficient (Wildman–Crippen LogP) is 2.61. The number of nitrogens with zero attached hydrogens (tertiary/aromatic N) is 1. The van der Waals surface area contributed by atoms with E-state index in [-0.39, 0.29) is 5.78 Å². The number of carbonyl (C=O) groups excluding carboxylic acids is 1. The Morgan fingerprint density at radius 3 is 2.38 bits per heavy atom. The van der Waals surface area contributed by atoms with Crippen molar-refractivity contribution >= 4 is 11.5 Å². The first-order valence-corrected chi connectivity index (χ1v) is 4.20. The van der Waals surface area contributed by atoms with Crippen LogP contribution in [0.2, 0.25) is 0 Å². The molecule has 13 heavy (non-hydrogen) atoms. The molecule has 0 aliphatic carbocycles. The van der Waals surface area contributed by atoms with Crippen molar-refractivity contribution in [2.24, 2.45) is 5.18 Å². The summed E-state index contributed by atoms with van der Waals surface area (Å²) < 4.78 is 0. The highest BCUT2D eigenvalue weighted by Gasteiger charge is 2.00. The van der Waals surface area contributed by atoms with E-state index in [2.05, 4.69) is 5.18 Å². The lowest BCUT2D eigenvalue weighted by molar-refractivity contribution is -0.118. The number of benzene rings is 1. The molecular formula is C10H11NO2. The van der Waals surface area contributed by atoms with Gasteiger partial charge in [0, 0.05) is 12.8 Å². The van der Waals surface area contributed by atoms with Crippen LogP contribution in [0.5, 0.6) is 0 Å². The highest BCUT2D eigenvalue weighted by Crippen LogP contribution is 2.12. The van der Waals surface area contributed by atoms with Crippen molar-refractivity contribution < 1.29 is 4.79 Å². The third kappa shape index (κ3) is 2.78. The molecule has 0 N–H and O–H groups in total. The van der Waals surface area contributed by atoms with Crippen molar-refractivity contribution in [3.63, 3.8) is 0 Å². The van der Waals surface area contributed by atoms with Crippen LogP contribution in [0.25, 0.3) is 0 Å². The summed E-state index contributed by atoms with van der Waals surface area (Å²) in [6, 6.07) is 6.74. The van der Waals surface area contributed by atoms with E-state index < -0.39 is 0 Å². The summed E-state index contributed by atoms with van der Waals surface area (Å²) in [6.45, 7) is 1.84. The van der Waals surface area contributed by atoms with Crippen molar-refractivity contribution in [3.8, 4) is 0 Å². The number of rotatable bonds is 4. The molecule has 1 aromatic carbocycles. The second kappa shape index (κ2) is 4.50. The molecule has 0 spiro atoms. The summed E-state index contributed by atoms with van der Waals surface area (Å²) >= 11 is 0. The average molecular weight is 177 g/mol. The van der Waals surface area contributed by atoms with Gasteiger partial charge in [0.05, 0.1) is 0 Å². The summed E-state index contributed by atoms with van der Waals surface area (Å²) in [5.41, 5.74) is 1.33. The maximum absolute atomic E-state index is 11.1. The molecule has 0 aliphatic rings. The fraction of sp³-hybridized carbons (Fsp3) is 0.300. The summed E-state index contributed by atoms with van der Waals surface area (Å²) in [5, 5.41) is 2.78. The van der Waals surface area contributed by atoms with Crippen molar-refractivity contribution in [3.05, 3.63) is 34.7 Å². The minimum absolute atomic E-state index is 0.201. The Hall–Kier alpha value is -1.51. The Kier molecular flexibility index (Phi) is 3.31. The van der Waals surface area contributed by atoms with E-state index in [1.807, 2.05) is 6.92 Å². The van der Waals surface area contributed by atoms with E-state index in [0.29, 0.717) is 18.5 Å². The third-order valence-electron chi connectivity index (χ3n) is 1.84. The van der Waals surface area contributed by atoms with Gasteiger partial charge in [-0.3, -0.25) is 4.79 Å². The van der Waals surface area contributed by atoms with Gasteiger partial charge in [0.2, 0.25) is 0 Å². The number of carbonyl (C=O) groups is 1. The second-order valence-corrected chi connectivity index (χ2v) is 2.83. The van der Waals surface area contributed by atoms with Crippen LogP contribution in [-0.2, 0) is 11.2 Å². The van der Waals surface area contributed by atoms with Gasteiger partial charge < -0.3 is 0 Å². The van der Waals surface area contributed by atoms with Gasteiger partial charge in [-0.2, -0.15) is 0 Å². The molecule has 0 aliphatic heterocycles. The van der Waals surface area contributed by atoms with E-state index >= 15 is 0 Å². The molecule has 0 bridgehead atoms. The first kappa shape index (κ1) is 9.58. The Bertz CT molecular complexity index is 303. The van der Waals surface area contributed by atoms with Gasteiger partial charge in [0.15, 0.2) is 0 Å².